The molecular weight excluding hydrogens is 294 g/mol. The summed E-state index contributed by atoms with van der Waals surface area (Å²) in [5.41, 5.74) is 0.581. The van der Waals surface area contributed by atoms with Crippen LogP contribution in [0.2, 0.25) is 5.02 Å². The lowest BCUT2D eigenvalue weighted by Crippen LogP contribution is -2.43. The number of hydrogen-bond acceptors (Lipinski definition) is 2. The molecule has 1 saturated heterocycles. The first kappa shape index (κ1) is 12.3. The van der Waals surface area contributed by atoms with Crippen LogP contribution in [0.25, 0.3) is 0 Å². The van der Waals surface area contributed by atoms with Crippen molar-refractivity contribution in [1.82, 2.24) is 10.2 Å². The highest BCUT2D eigenvalue weighted by Gasteiger charge is 2.16. The van der Waals surface area contributed by atoms with Crippen molar-refractivity contribution in [3.8, 4) is 0 Å². The Hall–Kier alpha value is -0.160. The van der Waals surface area contributed by atoms with E-state index in [0.717, 1.165) is 30.7 Å². The summed E-state index contributed by atoms with van der Waals surface area (Å²) in [5.74, 6) is -0.230. The molecule has 5 heteroatoms. The molecule has 2 rings (SSSR count). The minimum Gasteiger partial charge on any atom is -0.314 e. The van der Waals surface area contributed by atoms with Crippen molar-refractivity contribution in [3.63, 3.8) is 0 Å². The van der Waals surface area contributed by atoms with Crippen molar-refractivity contribution >= 4 is 27.5 Å². The number of nitrogens with one attached hydrogen (secondary N) is 1. The van der Waals surface area contributed by atoms with E-state index in [0.29, 0.717) is 17.1 Å². The zero-order valence-electron chi connectivity index (χ0n) is 8.77. The molecule has 0 spiro atoms. The third kappa shape index (κ3) is 2.74. The Morgan fingerprint density at radius 2 is 2.06 bits per heavy atom. The number of halogens is 3. The molecule has 1 aromatic carbocycles. The summed E-state index contributed by atoms with van der Waals surface area (Å²) in [4.78, 5) is 2.20. The molecule has 0 amide bonds. The predicted octanol–water partition coefficient (Wildman–Crippen LogP) is 2.65. The molecule has 88 valence electrons. The molecule has 1 aromatic rings. The van der Waals surface area contributed by atoms with Crippen molar-refractivity contribution in [1.29, 1.82) is 0 Å². The van der Waals surface area contributed by atoms with E-state index in [2.05, 4.69) is 26.1 Å². The van der Waals surface area contributed by atoms with Crippen LogP contribution in [0.5, 0.6) is 0 Å². The number of nitrogens with zero attached hydrogens (tertiary/aromatic N) is 1. The smallest absolute Gasteiger partial charge is 0.129 e. The molecule has 1 fully saturated rings. The maximum Gasteiger partial charge on any atom is 0.129 e. The molecule has 1 heterocycles. The molecule has 1 aliphatic heterocycles. The highest BCUT2D eigenvalue weighted by molar-refractivity contribution is 9.10. The normalized spacial score (nSPS) is 17.7. The van der Waals surface area contributed by atoms with Gasteiger partial charge in [-0.2, -0.15) is 0 Å². The number of benzene rings is 1. The topological polar surface area (TPSA) is 15.3 Å². The lowest BCUT2D eigenvalue weighted by molar-refractivity contribution is 0.230. The first-order valence-electron chi connectivity index (χ1n) is 5.24. The monoisotopic (exact) mass is 306 g/mol. The Kier molecular flexibility index (Phi) is 4.19. The molecule has 0 radical (unpaired) electrons. The first-order chi connectivity index (χ1) is 7.68. The van der Waals surface area contributed by atoms with Gasteiger partial charge in [-0.1, -0.05) is 11.6 Å². The highest BCUT2D eigenvalue weighted by atomic mass is 79.9. The Morgan fingerprint density at radius 3 is 2.75 bits per heavy atom. The van der Waals surface area contributed by atoms with E-state index in [1.165, 1.54) is 6.07 Å². The minimum absolute atomic E-state index is 0.230. The van der Waals surface area contributed by atoms with E-state index in [1.807, 2.05) is 0 Å². The number of hydrogen-bond donors (Lipinski definition) is 1. The molecule has 2 nitrogen and oxygen atoms in total. The predicted molar refractivity (Wildman–Crippen MR) is 67.3 cm³/mol. The number of rotatable bonds is 2. The lowest BCUT2D eigenvalue weighted by atomic mass is 10.2. The summed E-state index contributed by atoms with van der Waals surface area (Å²) in [6.45, 7) is 4.34. The summed E-state index contributed by atoms with van der Waals surface area (Å²) >= 11 is 9.40. The second kappa shape index (κ2) is 5.45. The molecule has 0 aliphatic carbocycles. The van der Waals surface area contributed by atoms with E-state index >= 15 is 0 Å². The quantitative estimate of drug-likeness (QED) is 0.845. The Morgan fingerprint density at radius 1 is 1.38 bits per heavy atom. The average Bonchev–Trinajstić information content (AvgIpc) is 2.31. The molecule has 0 unspecified atom stereocenters. The SMILES string of the molecule is Fc1ccc(Br)c(Cl)c1CN1CCNCC1. The molecule has 0 bridgehead atoms. The van der Waals surface area contributed by atoms with Crippen LogP contribution in [0.15, 0.2) is 16.6 Å². The average molecular weight is 308 g/mol. The standard InChI is InChI=1S/C11H13BrClFN2/c12-9-1-2-10(14)8(11(9)13)7-16-5-3-15-4-6-16/h1-2,15H,3-7H2. The summed E-state index contributed by atoms with van der Waals surface area (Å²) in [6.07, 6.45) is 0. The van der Waals surface area contributed by atoms with E-state index in [1.54, 1.807) is 6.07 Å². The van der Waals surface area contributed by atoms with Crippen LogP contribution in [-0.2, 0) is 6.54 Å². The van der Waals surface area contributed by atoms with E-state index in [-0.39, 0.29) is 5.82 Å². The Labute approximate surface area is 108 Å². The van der Waals surface area contributed by atoms with Gasteiger partial charge in [0.25, 0.3) is 0 Å². The third-order valence-electron chi connectivity index (χ3n) is 2.73. The van der Waals surface area contributed by atoms with Crippen LogP contribution in [0, 0.1) is 5.82 Å². The van der Waals surface area contributed by atoms with Crippen LogP contribution >= 0.6 is 27.5 Å². The zero-order valence-corrected chi connectivity index (χ0v) is 11.1. The van der Waals surface area contributed by atoms with Gasteiger partial charge in [0.1, 0.15) is 5.82 Å². The highest BCUT2D eigenvalue weighted by Crippen LogP contribution is 2.29. The van der Waals surface area contributed by atoms with Gasteiger partial charge in [-0.05, 0) is 28.1 Å². The van der Waals surface area contributed by atoms with Gasteiger partial charge < -0.3 is 5.32 Å². The van der Waals surface area contributed by atoms with Gasteiger partial charge in [0.05, 0.1) is 5.02 Å². The minimum atomic E-state index is -0.230. The van der Waals surface area contributed by atoms with E-state index < -0.39 is 0 Å². The van der Waals surface area contributed by atoms with Gasteiger partial charge in [0.15, 0.2) is 0 Å². The van der Waals surface area contributed by atoms with Crippen molar-refractivity contribution < 1.29 is 4.39 Å². The van der Waals surface area contributed by atoms with Crippen LogP contribution in [0.4, 0.5) is 4.39 Å². The molecule has 16 heavy (non-hydrogen) atoms. The van der Waals surface area contributed by atoms with Crippen LogP contribution in [-0.4, -0.2) is 31.1 Å². The summed E-state index contributed by atoms with van der Waals surface area (Å²) in [6, 6.07) is 3.09. The number of piperazine rings is 1. The van der Waals surface area contributed by atoms with E-state index in [4.69, 9.17) is 11.6 Å². The Balaban J connectivity index is 2.16. The lowest BCUT2D eigenvalue weighted by Gasteiger charge is -2.27. The van der Waals surface area contributed by atoms with Crippen molar-refractivity contribution in [2.24, 2.45) is 0 Å². The summed E-state index contributed by atoms with van der Waals surface area (Å²) < 4.78 is 14.4. The van der Waals surface area contributed by atoms with Gasteiger partial charge in [0, 0.05) is 42.8 Å². The van der Waals surface area contributed by atoms with Gasteiger partial charge in [-0.15, -0.1) is 0 Å². The van der Waals surface area contributed by atoms with Crippen molar-refractivity contribution in [2.45, 2.75) is 6.54 Å². The molecular formula is C11H13BrClFN2. The maximum atomic E-state index is 13.6. The largest absolute Gasteiger partial charge is 0.314 e. The fourth-order valence-electron chi connectivity index (χ4n) is 1.81. The summed E-state index contributed by atoms with van der Waals surface area (Å²) in [7, 11) is 0. The second-order valence-corrected chi connectivity index (χ2v) is 5.08. The van der Waals surface area contributed by atoms with Crippen molar-refractivity contribution in [2.75, 3.05) is 26.2 Å². The third-order valence-corrected chi connectivity index (χ3v) is 4.05. The molecule has 0 aromatic heterocycles. The maximum absolute atomic E-state index is 13.6. The molecule has 0 atom stereocenters. The van der Waals surface area contributed by atoms with E-state index in [9.17, 15) is 4.39 Å². The fourth-order valence-corrected chi connectivity index (χ4v) is 2.39. The molecule has 1 aliphatic rings. The summed E-state index contributed by atoms with van der Waals surface area (Å²) in [5, 5.41) is 3.75. The van der Waals surface area contributed by atoms with Crippen LogP contribution in [0.3, 0.4) is 0 Å². The molecule has 1 N–H and O–H groups in total. The Bertz CT molecular complexity index is 380. The van der Waals surface area contributed by atoms with Gasteiger partial charge in [0.2, 0.25) is 0 Å². The van der Waals surface area contributed by atoms with Crippen molar-refractivity contribution in [3.05, 3.63) is 33.0 Å². The zero-order chi connectivity index (χ0) is 11.5. The fraction of sp³-hybridized carbons (Fsp3) is 0.455. The second-order valence-electron chi connectivity index (χ2n) is 3.85. The van der Waals surface area contributed by atoms with Gasteiger partial charge >= 0.3 is 0 Å². The van der Waals surface area contributed by atoms with Gasteiger partial charge in [-0.3, -0.25) is 4.90 Å². The first-order valence-corrected chi connectivity index (χ1v) is 6.41. The van der Waals surface area contributed by atoms with Crippen LogP contribution in [0.1, 0.15) is 5.56 Å². The van der Waals surface area contributed by atoms with Gasteiger partial charge in [-0.25, -0.2) is 4.39 Å². The molecule has 0 saturated carbocycles. The van der Waals surface area contributed by atoms with Crippen LogP contribution < -0.4 is 5.32 Å².